The summed E-state index contributed by atoms with van der Waals surface area (Å²) in [6, 6.07) is 11.7. The average Bonchev–Trinajstić information content (AvgIpc) is 3.27. The zero-order valence-corrected chi connectivity index (χ0v) is 23.7. The number of fused-ring (bicyclic) bond motifs is 1. The molecule has 0 aliphatic carbocycles. The van der Waals surface area contributed by atoms with Gasteiger partial charge in [-0.1, -0.05) is 70.1 Å². The highest BCUT2D eigenvalue weighted by molar-refractivity contribution is 7.99. The number of rotatable bonds is 13. The first-order chi connectivity index (χ1) is 17.7. The van der Waals surface area contributed by atoms with Gasteiger partial charge in [0.1, 0.15) is 5.52 Å². The molecule has 0 radical (unpaired) electrons. The van der Waals surface area contributed by atoms with Crippen molar-refractivity contribution >= 4 is 40.2 Å². The highest BCUT2D eigenvalue weighted by Gasteiger charge is 2.16. The zero-order chi connectivity index (χ0) is 26.9. The maximum Gasteiger partial charge on any atom is 0.256 e. The van der Waals surface area contributed by atoms with Gasteiger partial charge in [-0.15, -0.1) is 0 Å². The van der Waals surface area contributed by atoms with Crippen LogP contribution in [0.5, 0.6) is 0 Å². The Labute approximate surface area is 224 Å². The smallest absolute Gasteiger partial charge is 0.256 e. The molecule has 3 aromatic rings. The number of nitrogens with one attached hydrogen (secondary N) is 1. The Morgan fingerprint density at radius 2 is 1.68 bits per heavy atom. The van der Waals surface area contributed by atoms with Crippen LogP contribution in [0, 0.1) is 0 Å². The molecule has 1 aromatic heterocycles. The molecule has 0 aliphatic heterocycles. The Bertz CT molecular complexity index is 1220. The molecule has 2 aromatic carbocycles. The molecule has 1 amide bonds. The fourth-order valence-corrected chi connectivity index (χ4v) is 4.94. The van der Waals surface area contributed by atoms with Crippen LogP contribution in [0.2, 0.25) is 0 Å². The summed E-state index contributed by atoms with van der Waals surface area (Å²) < 4.78 is 5.92. The lowest BCUT2D eigenvalue weighted by atomic mass is 9.92. The number of amides is 1. The average molecular weight is 522 g/mol. The van der Waals surface area contributed by atoms with Crippen molar-refractivity contribution in [2.45, 2.75) is 70.4 Å². The molecule has 37 heavy (non-hydrogen) atoms. The van der Waals surface area contributed by atoms with Gasteiger partial charge in [-0.25, -0.2) is 4.98 Å². The number of ketones is 1. The standard InChI is InChI=1S/C30H39N3O3S/c1-20(2)22-12-10-13-23(21(3)4)28(22)32-27(35)16-8-7-9-19-37-30-31-25-15-11-14-24(29(25)36-30)26(34)17-18-33(5)6/h10-15,17-18,20-21H,7-9,16,19H2,1-6H3,(H,32,35). The Hall–Kier alpha value is -3.06. The van der Waals surface area contributed by atoms with Crippen LogP contribution in [0.15, 0.2) is 58.3 Å². The van der Waals surface area contributed by atoms with Crippen molar-refractivity contribution in [1.29, 1.82) is 0 Å². The minimum Gasteiger partial charge on any atom is -0.431 e. The number of hydrogen-bond acceptors (Lipinski definition) is 6. The van der Waals surface area contributed by atoms with Crippen LogP contribution in [0.25, 0.3) is 11.1 Å². The lowest BCUT2D eigenvalue weighted by Gasteiger charge is -2.20. The third-order valence-electron chi connectivity index (χ3n) is 6.10. The van der Waals surface area contributed by atoms with E-state index in [2.05, 4.69) is 56.2 Å². The van der Waals surface area contributed by atoms with Crippen molar-refractivity contribution in [3.8, 4) is 0 Å². The molecule has 0 spiro atoms. The Kier molecular flexibility index (Phi) is 10.4. The number of carbonyl (C=O) groups excluding carboxylic acids is 2. The van der Waals surface area contributed by atoms with Gasteiger partial charge in [0.15, 0.2) is 11.4 Å². The van der Waals surface area contributed by atoms with E-state index in [1.807, 2.05) is 31.1 Å². The molecule has 1 heterocycles. The number of unbranched alkanes of at least 4 members (excludes halogenated alkanes) is 2. The SMILES string of the molecule is CC(C)c1cccc(C(C)C)c1NC(=O)CCCCCSc1nc2cccc(C(=O)C=CN(C)C)c2o1. The molecule has 1 N–H and O–H groups in total. The fraction of sp³-hybridized carbons (Fsp3) is 0.433. The van der Waals surface area contributed by atoms with Crippen molar-refractivity contribution < 1.29 is 14.0 Å². The summed E-state index contributed by atoms with van der Waals surface area (Å²) in [6.07, 6.45) is 6.49. The van der Waals surface area contributed by atoms with Gasteiger partial charge in [0.25, 0.3) is 5.22 Å². The van der Waals surface area contributed by atoms with Crippen LogP contribution in [0.3, 0.4) is 0 Å². The molecular formula is C30H39N3O3S. The number of para-hydroxylation sites is 2. The van der Waals surface area contributed by atoms with E-state index in [0.717, 1.165) is 30.7 Å². The van der Waals surface area contributed by atoms with Gasteiger partial charge < -0.3 is 14.6 Å². The zero-order valence-electron chi connectivity index (χ0n) is 22.8. The topological polar surface area (TPSA) is 75.4 Å². The molecule has 198 valence electrons. The highest BCUT2D eigenvalue weighted by Crippen LogP contribution is 2.32. The summed E-state index contributed by atoms with van der Waals surface area (Å²) in [5.41, 5.74) is 5.09. The van der Waals surface area contributed by atoms with Gasteiger partial charge in [-0.05, 0) is 47.9 Å². The van der Waals surface area contributed by atoms with Gasteiger partial charge in [-0.2, -0.15) is 0 Å². The number of hydrogen-bond donors (Lipinski definition) is 1. The number of carbonyl (C=O) groups is 2. The Balaban J connectivity index is 1.48. The van der Waals surface area contributed by atoms with E-state index in [0.29, 0.717) is 40.1 Å². The van der Waals surface area contributed by atoms with E-state index >= 15 is 0 Å². The van der Waals surface area contributed by atoms with Crippen molar-refractivity contribution in [1.82, 2.24) is 9.88 Å². The van der Waals surface area contributed by atoms with Crippen LogP contribution in [-0.2, 0) is 4.79 Å². The second kappa shape index (κ2) is 13.5. The van der Waals surface area contributed by atoms with Crippen LogP contribution < -0.4 is 5.32 Å². The molecule has 0 atom stereocenters. The summed E-state index contributed by atoms with van der Waals surface area (Å²) in [6.45, 7) is 8.63. The van der Waals surface area contributed by atoms with Crippen molar-refractivity contribution in [3.63, 3.8) is 0 Å². The minimum atomic E-state index is -0.109. The largest absolute Gasteiger partial charge is 0.431 e. The molecule has 0 bridgehead atoms. The summed E-state index contributed by atoms with van der Waals surface area (Å²) in [7, 11) is 3.74. The van der Waals surface area contributed by atoms with E-state index < -0.39 is 0 Å². The number of benzene rings is 2. The van der Waals surface area contributed by atoms with Crippen molar-refractivity contribution in [2.75, 3.05) is 25.2 Å². The van der Waals surface area contributed by atoms with E-state index in [9.17, 15) is 9.59 Å². The summed E-state index contributed by atoms with van der Waals surface area (Å²) in [5.74, 6) is 1.50. The van der Waals surface area contributed by atoms with Gasteiger partial charge in [0, 0.05) is 44.2 Å². The molecule has 3 rings (SSSR count). The summed E-state index contributed by atoms with van der Waals surface area (Å²) in [4.78, 5) is 31.6. The molecule has 0 saturated heterocycles. The lowest BCUT2D eigenvalue weighted by Crippen LogP contribution is -2.15. The second-order valence-corrected chi connectivity index (χ2v) is 11.2. The fourth-order valence-electron chi connectivity index (χ4n) is 4.11. The summed E-state index contributed by atoms with van der Waals surface area (Å²) >= 11 is 1.54. The number of thioether (sulfide) groups is 1. The van der Waals surface area contributed by atoms with Crippen LogP contribution >= 0.6 is 11.8 Å². The number of nitrogens with zero attached hydrogens (tertiary/aromatic N) is 2. The number of anilines is 1. The Morgan fingerprint density at radius 1 is 1.00 bits per heavy atom. The third kappa shape index (κ3) is 7.96. The Morgan fingerprint density at radius 3 is 2.32 bits per heavy atom. The number of aromatic nitrogens is 1. The van der Waals surface area contributed by atoms with Crippen molar-refractivity contribution in [3.05, 3.63) is 65.4 Å². The van der Waals surface area contributed by atoms with E-state index in [1.54, 1.807) is 24.0 Å². The first-order valence-corrected chi connectivity index (χ1v) is 14.0. The monoisotopic (exact) mass is 521 g/mol. The normalized spacial score (nSPS) is 11.7. The van der Waals surface area contributed by atoms with E-state index in [4.69, 9.17) is 4.42 Å². The van der Waals surface area contributed by atoms with Gasteiger partial charge in [0.2, 0.25) is 5.91 Å². The van der Waals surface area contributed by atoms with Crippen LogP contribution in [-0.4, -0.2) is 41.4 Å². The van der Waals surface area contributed by atoms with Gasteiger partial charge in [0.05, 0.1) is 5.56 Å². The number of oxazole rings is 1. The summed E-state index contributed by atoms with van der Waals surface area (Å²) in [5, 5.41) is 3.76. The highest BCUT2D eigenvalue weighted by atomic mass is 32.2. The lowest BCUT2D eigenvalue weighted by molar-refractivity contribution is -0.116. The first-order valence-electron chi connectivity index (χ1n) is 13.0. The maximum atomic E-state index is 12.7. The van der Waals surface area contributed by atoms with E-state index in [1.165, 1.54) is 17.2 Å². The molecule has 0 aliphatic rings. The predicted molar refractivity (Wildman–Crippen MR) is 154 cm³/mol. The van der Waals surface area contributed by atoms with Crippen LogP contribution in [0.4, 0.5) is 5.69 Å². The maximum absolute atomic E-state index is 12.7. The molecule has 0 unspecified atom stereocenters. The molecule has 6 nitrogen and oxygen atoms in total. The van der Waals surface area contributed by atoms with Gasteiger partial charge >= 0.3 is 0 Å². The van der Waals surface area contributed by atoms with Crippen LogP contribution in [0.1, 0.15) is 86.7 Å². The second-order valence-electron chi connectivity index (χ2n) is 10.1. The molecule has 0 fully saturated rings. The quantitative estimate of drug-likeness (QED) is 0.108. The van der Waals surface area contributed by atoms with Crippen molar-refractivity contribution in [2.24, 2.45) is 0 Å². The van der Waals surface area contributed by atoms with Gasteiger partial charge in [-0.3, -0.25) is 9.59 Å². The molecule has 0 saturated carbocycles. The molecule has 7 heteroatoms. The molecular weight excluding hydrogens is 482 g/mol. The predicted octanol–water partition coefficient (Wildman–Crippen LogP) is 7.62. The third-order valence-corrected chi connectivity index (χ3v) is 7.01. The minimum absolute atomic E-state index is 0.0714. The first kappa shape index (κ1) is 28.5. The number of allylic oxidation sites excluding steroid dienone is 1. The van der Waals surface area contributed by atoms with E-state index in [-0.39, 0.29) is 11.7 Å².